The van der Waals surface area contributed by atoms with Crippen molar-refractivity contribution in [2.24, 2.45) is 0 Å². The second-order valence-electron chi connectivity index (χ2n) is 3.63. The number of methoxy groups -OCH3 is 1. The maximum absolute atomic E-state index is 11.7. The van der Waals surface area contributed by atoms with Gasteiger partial charge in [0, 0.05) is 17.3 Å². The first-order valence-corrected chi connectivity index (χ1v) is 5.70. The first kappa shape index (κ1) is 12.1. The molecule has 1 fully saturated rings. The summed E-state index contributed by atoms with van der Waals surface area (Å²) in [5.41, 5.74) is 0.546. The summed E-state index contributed by atoms with van der Waals surface area (Å²) in [6.45, 7) is 0. The van der Waals surface area contributed by atoms with E-state index in [0.29, 0.717) is 5.69 Å². The zero-order chi connectivity index (χ0) is 12.6. The fourth-order valence-electron chi connectivity index (χ4n) is 1.85. The van der Waals surface area contributed by atoms with Gasteiger partial charge in [0.05, 0.1) is 0 Å². The fourth-order valence-corrected chi connectivity index (χ4v) is 2.23. The largest absolute Gasteiger partial charge is 0.480 e. The van der Waals surface area contributed by atoms with Gasteiger partial charge in [0.25, 0.3) is 5.91 Å². The molecule has 1 heterocycles. The number of rotatable bonds is 3. The maximum atomic E-state index is 11.7. The molecule has 1 amide bonds. The Morgan fingerprint density at radius 3 is 2.76 bits per heavy atom. The number of ether oxygens (including phenoxy) is 1. The number of hydrogen-bond acceptors (Lipinski definition) is 3. The van der Waals surface area contributed by atoms with Gasteiger partial charge in [0.2, 0.25) is 0 Å². The molecule has 1 aliphatic heterocycles. The van der Waals surface area contributed by atoms with Crippen LogP contribution >= 0.6 is 15.9 Å². The number of carboxylic acids is 1. The molecule has 1 aromatic rings. The molecule has 1 saturated heterocycles. The number of anilines is 1. The smallest absolute Gasteiger partial charge is 0.330 e. The van der Waals surface area contributed by atoms with Gasteiger partial charge in [-0.25, -0.2) is 4.79 Å². The lowest BCUT2D eigenvalue weighted by Crippen LogP contribution is -2.69. The van der Waals surface area contributed by atoms with Crippen LogP contribution < -0.4 is 4.90 Å². The van der Waals surface area contributed by atoms with Gasteiger partial charge in [-0.3, -0.25) is 9.69 Å². The van der Waals surface area contributed by atoms with Crippen LogP contribution in [0.15, 0.2) is 28.7 Å². The predicted molar refractivity (Wildman–Crippen MR) is 63.8 cm³/mol. The fraction of sp³-hybridized carbons (Fsp3) is 0.273. The molecule has 5 nitrogen and oxygen atoms in total. The molecule has 90 valence electrons. The Morgan fingerprint density at radius 2 is 2.24 bits per heavy atom. The van der Waals surface area contributed by atoms with Crippen LogP contribution in [0.4, 0.5) is 5.69 Å². The monoisotopic (exact) mass is 299 g/mol. The number of benzene rings is 1. The number of nitrogens with zero attached hydrogens (tertiary/aromatic N) is 1. The summed E-state index contributed by atoms with van der Waals surface area (Å²) in [7, 11) is 1.33. The summed E-state index contributed by atoms with van der Waals surface area (Å²) in [4.78, 5) is 24.0. The second kappa shape index (κ2) is 4.46. The highest BCUT2D eigenvalue weighted by molar-refractivity contribution is 9.10. The molecule has 17 heavy (non-hydrogen) atoms. The molecule has 1 N–H and O–H groups in total. The van der Waals surface area contributed by atoms with Crippen LogP contribution in [0.3, 0.4) is 0 Å². The highest BCUT2D eigenvalue weighted by Crippen LogP contribution is 2.31. The maximum Gasteiger partial charge on any atom is 0.330 e. The molecule has 0 saturated carbocycles. The average molecular weight is 300 g/mol. The second-order valence-corrected chi connectivity index (χ2v) is 4.54. The minimum atomic E-state index is -1.07. The third-order valence-corrected chi connectivity index (χ3v) is 3.13. The summed E-state index contributed by atoms with van der Waals surface area (Å²) >= 11 is 3.28. The van der Waals surface area contributed by atoms with Gasteiger partial charge in [0.1, 0.15) is 0 Å². The zero-order valence-corrected chi connectivity index (χ0v) is 10.5. The lowest BCUT2D eigenvalue weighted by molar-refractivity contribution is -0.155. The molecule has 0 aliphatic carbocycles. The first-order chi connectivity index (χ1) is 8.06. The Hall–Kier alpha value is -1.40. The van der Waals surface area contributed by atoms with Crippen molar-refractivity contribution in [3.8, 4) is 0 Å². The van der Waals surface area contributed by atoms with Crippen molar-refractivity contribution in [1.82, 2.24) is 0 Å². The van der Waals surface area contributed by atoms with E-state index in [4.69, 9.17) is 9.84 Å². The van der Waals surface area contributed by atoms with Crippen LogP contribution in [0, 0.1) is 0 Å². The third kappa shape index (κ3) is 1.94. The van der Waals surface area contributed by atoms with Crippen molar-refractivity contribution in [3.63, 3.8) is 0 Å². The Bertz CT molecular complexity index is 476. The van der Waals surface area contributed by atoms with Crippen molar-refractivity contribution in [3.05, 3.63) is 28.7 Å². The van der Waals surface area contributed by atoms with Gasteiger partial charge in [-0.2, -0.15) is 0 Å². The number of aliphatic carboxylic acids is 1. The lowest BCUT2D eigenvalue weighted by Gasteiger charge is -2.43. The standard InChI is InChI=1S/C11H10BrNO4/c1-17-9-8(11(15)16)13(10(9)14)7-4-2-3-6(12)5-7/h2-5,8-9H,1H3,(H,15,16)/t8-,9-/m1/s1. The Morgan fingerprint density at radius 1 is 1.53 bits per heavy atom. The van der Waals surface area contributed by atoms with Crippen molar-refractivity contribution < 1.29 is 19.4 Å². The minimum absolute atomic E-state index is 0.335. The van der Waals surface area contributed by atoms with E-state index in [1.165, 1.54) is 12.0 Å². The average Bonchev–Trinajstić information content (AvgIpc) is 2.26. The van der Waals surface area contributed by atoms with E-state index >= 15 is 0 Å². The lowest BCUT2D eigenvalue weighted by atomic mass is 9.97. The van der Waals surface area contributed by atoms with Crippen LogP contribution in [0.2, 0.25) is 0 Å². The number of carbonyl (C=O) groups is 2. The van der Waals surface area contributed by atoms with Crippen molar-refractivity contribution in [2.45, 2.75) is 12.1 Å². The van der Waals surface area contributed by atoms with E-state index in [1.54, 1.807) is 24.3 Å². The van der Waals surface area contributed by atoms with Gasteiger partial charge in [-0.05, 0) is 18.2 Å². The van der Waals surface area contributed by atoms with Gasteiger partial charge in [0.15, 0.2) is 12.1 Å². The first-order valence-electron chi connectivity index (χ1n) is 4.90. The number of amides is 1. The van der Waals surface area contributed by atoms with Crippen LogP contribution in [-0.4, -0.2) is 36.2 Å². The Kier molecular flexibility index (Phi) is 3.17. The molecule has 1 aliphatic rings. The topological polar surface area (TPSA) is 66.8 Å². The predicted octanol–water partition coefficient (Wildman–Crippen LogP) is 1.26. The quantitative estimate of drug-likeness (QED) is 0.854. The van der Waals surface area contributed by atoms with E-state index in [1.807, 2.05) is 0 Å². The zero-order valence-electron chi connectivity index (χ0n) is 8.96. The number of carbonyl (C=O) groups excluding carboxylic acids is 1. The molecule has 6 heteroatoms. The molecule has 1 aromatic carbocycles. The number of carboxylic acid groups (broad SMARTS) is 1. The highest BCUT2D eigenvalue weighted by atomic mass is 79.9. The SMILES string of the molecule is CO[C@H]1C(=O)N(c2cccc(Br)c2)[C@H]1C(=O)O. The van der Waals surface area contributed by atoms with Crippen molar-refractivity contribution in [1.29, 1.82) is 0 Å². The van der Waals surface area contributed by atoms with Crippen LogP contribution in [0.25, 0.3) is 0 Å². The van der Waals surface area contributed by atoms with E-state index < -0.39 is 18.1 Å². The number of hydrogen-bond donors (Lipinski definition) is 1. The highest BCUT2D eigenvalue weighted by Gasteiger charge is 2.53. The van der Waals surface area contributed by atoms with Crippen molar-refractivity contribution in [2.75, 3.05) is 12.0 Å². The van der Waals surface area contributed by atoms with E-state index in [0.717, 1.165) is 4.47 Å². The number of β-lactam (4-membered cyclic amide) rings is 1. The van der Waals surface area contributed by atoms with E-state index in [9.17, 15) is 9.59 Å². The minimum Gasteiger partial charge on any atom is -0.480 e. The van der Waals surface area contributed by atoms with Gasteiger partial charge >= 0.3 is 5.97 Å². The Labute approximate surface area is 106 Å². The summed E-state index contributed by atoms with van der Waals surface area (Å²) in [5.74, 6) is -1.41. The van der Waals surface area contributed by atoms with Gasteiger partial charge in [-0.15, -0.1) is 0 Å². The summed E-state index contributed by atoms with van der Waals surface area (Å²) in [6, 6.07) is 5.97. The van der Waals surface area contributed by atoms with E-state index in [2.05, 4.69) is 15.9 Å². The van der Waals surface area contributed by atoms with Gasteiger partial charge in [-0.1, -0.05) is 22.0 Å². The molecule has 0 unspecified atom stereocenters. The van der Waals surface area contributed by atoms with Crippen LogP contribution in [0.1, 0.15) is 0 Å². The molecule has 0 aromatic heterocycles. The summed E-state index contributed by atoms with van der Waals surface area (Å²) in [5, 5.41) is 9.07. The molecule has 2 atom stereocenters. The molecule has 0 spiro atoms. The molecule has 2 rings (SSSR count). The molecule has 0 radical (unpaired) electrons. The summed E-state index contributed by atoms with van der Waals surface area (Å²) in [6.07, 6.45) is -0.897. The third-order valence-electron chi connectivity index (χ3n) is 2.64. The Balaban J connectivity index is 2.32. The summed E-state index contributed by atoms with van der Waals surface area (Å²) < 4.78 is 5.66. The molecule has 0 bridgehead atoms. The van der Waals surface area contributed by atoms with E-state index in [-0.39, 0.29) is 5.91 Å². The van der Waals surface area contributed by atoms with Crippen LogP contribution in [0.5, 0.6) is 0 Å². The van der Waals surface area contributed by atoms with Crippen LogP contribution in [-0.2, 0) is 14.3 Å². The molecular weight excluding hydrogens is 290 g/mol. The van der Waals surface area contributed by atoms with Crippen molar-refractivity contribution >= 4 is 33.5 Å². The van der Waals surface area contributed by atoms with Gasteiger partial charge < -0.3 is 9.84 Å². The normalized spacial score (nSPS) is 23.4. The number of halogens is 1. The molecular formula is C11H10BrNO4.